The number of anilines is 1. The van der Waals surface area contributed by atoms with Gasteiger partial charge in [0.1, 0.15) is 17.8 Å². The van der Waals surface area contributed by atoms with Crippen molar-refractivity contribution < 1.29 is 0 Å². The molecule has 1 aromatic carbocycles. The molecule has 0 bridgehead atoms. The Hall–Kier alpha value is -2.87. The van der Waals surface area contributed by atoms with Gasteiger partial charge >= 0.3 is 0 Å². The Labute approximate surface area is 147 Å². The molecule has 126 valence electrons. The van der Waals surface area contributed by atoms with E-state index in [0.717, 1.165) is 41.2 Å². The van der Waals surface area contributed by atoms with Crippen molar-refractivity contribution in [3.63, 3.8) is 0 Å². The average molecular weight is 331 g/mol. The van der Waals surface area contributed by atoms with Crippen LogP contribution in [0.5, 0.6) is 0 Å². The van der Waals surface area contributed by atoms with Gasteiger partial charge < -0.3 is 9.88 Å². The van der Waals surface area contributed by atoms with E-state index >= 15 is 0 Å². The summed E-state index contributed by atoms with van der Waals surface area (Å²) in [6.45, 7) is 6.68. The molecule has 0 aliphatic carbocycles. The molecule has 0 amide bonds. The van der Waals surface area contributed by atoms with Crippen LogP contribution >= 0.6 is 0 Å². The molecule has 2 aromatic heterocycles. The van der Waals surface area contributed by atoms with E-state index < -0.39 is 0 Å². The normalized spacial score (nSPS) is 16.8. The monoisotopic (exact) mass is 331 g/mol. The number of aromatic nitrogens is 3. The lowest BCUT2D eigenvalue weighted by atomic mass is 9.84. The molecule has 1 aliphatic heterocycles. The third-order valence-corrected chi connectivity index (χ3v) is 4.93. The largest absolute Gasteiger partial charge is 0.355 e. The molecule has 25 heavy (non-hydrogen) atoms. The van der Waals surface area contributed by atoms with E-state index in [4.69, 9.17) is 5.26 Å². The van der Waals surface area contributed by atoms with Gasteiger partial charge in [-0.1, -0.05) is 26.0 Å². The summed E-state index contributed by atoms with van der Waals surface area (Å²) >= 11 is 0. The first-order valence-electron chi connectivity index (χ1n) is 8.65. The van der Waals surface area contributed by atoms with Gasteiger partial charge in [0.05, 0.1) is 17.0 Å². The van der Waals surface area contributed by atoms with Crippen molar-refractivity contribution >= 4 is 16.9 Å². The van der Waals surface area contributed by atoms with Crippen LogP contribution in [0.25, 0.3) is 22.3 Å². The molecule has 4 rings (SSSR count). The third-order valence-electron chi connectivity index (χ3n) is 4.93. The Bertz CT molecular complexity index is 946. The smallest absolute Gasteiger partial charge is 0.143 e. The van der Waals surface area contributed by atoms with Gasteiger partial charge in [0.2, 0.25) is 0 Å². The fourth-order valence-corrected chi connectivity index (χ4v) is 3.66. The summed E-state index contributed by atoms with van der Waals surface area (Å²) in [5.74, 6) is 1.01. The van der Waals surface area contributed by atoms with Crippen LogP contribution < -0.4 is 4.90 Å². The summed E-state index contributed by atoms with van der Waals surface area (Å²) in [6.07, 6.45) is 4.07. The fourth-order valence-electron chi connectivity index (χ4n) is 3.66. The molecule has 5 heteroatoms. The Morgan fingerprint density at radius 1 is 1.20 bits per heavy atom. The molecule has 0 saturated carbocycles. The molecular formula is C20H21N5. The number of nitriles is 1. The molecule has 1 aliphatic rings. The summed E-state index contributed by atoms with van der Waals surface area (Å²) in [5.41, 5.74) is 3.87. The number of aromatic amines is 1. The summed E-state index contributed by atoms with van der Waals surface area (Å²) in [7, 11) is 0. The summed E-state index contributed by atoms with van der Waals surface area (Å²) in [4.78, 5) is 14.8. The predicted octanol–water partition coefficient (Wildman–Crippen LogP) is 4.12. The molecule has 1 saturated heterocycles. The topological polar surface area (TPSA) is 68.6 Å². The highest BCUT2D eigenvalue weighted by Gasteiger charge is 2.28. The van der Waals surface area contributed by atoms with Crippen molar-refractivity contribution in [1.82, 2.24) is 15.0 Å². The maximum Gasteiger partial charge on any atom is 0.143 e. The minimum Gasteiger partial charge on any atom is -0.355 e. The van der Waals surface area contributed by atoms with Gasteiger partial charge in [-0.2, -0.15) is 5.26 Å². The first kappa shape index (κ1) is 15.6. The van der Waals surface area contributed by atoms with Gasteiger partial charge in [-0.05, 0) is 42.0 Å². The molecule has 3 heterocycles. The van der Waals surface area contributed by atoms with Crippen LogP contribution in [0.15, 0.2) is 36.7 Å². The Morgan fingerprint density at radius 3 is 2.72 bits per heavy atom. The second kappa shape index (κ2) is 5.89. The minimum atomic E-state index is 0.307. The van der Waals surface area contributed by atoms with Crippen molar-refractivity contribution in [2.45, 2.75) is 26.7 Å². The lowest BCUT2D eigenvalue weighted by Crippen LogP contribution is -2.40. The number of hydrogen-bond acceptors (Lipinski definition) is 4. The Kier molecular flexibility index (Phi) is 3.69. The SMILES string of the molecule is CC1(C)CCCN(c2ncnc3[nH]c(-c4ccc(C#N)cc4)cc23)C1. The van der Waals surface area contributed by atoms with Gasteiger partial charge in [-0.3, -0.25) is 0 Å². The van der Waals surface area contributed by atoms with Crippen molar-refractivity contribution in [2.24, 2.45) is 5.41 Å². The molecule has 5 nitrogen and oxygen atoms in total. The zero-order chi connectivity index (χ0) is 17.4. The molecule has 0 atom stereocenters. The van der Waals surface area contributed by atoms with E-state index in [1.54, 1.807) is 6.33 Å². The predicted molar refractivity (Wildman–Crippen MR) is 99.3 cm³/mol. The van der Waals surface area contributed by atoms with Gasteiger partial charge in [0, 0.05) is 18.8 Å². The maximum atomic E-state index is 8.95. The third kappa shape index (κ3) is 2.96. The molecule has 1 N–H and O–H groups in total. The van der Waals surface area contributed by atoms with E-state index in [1.807, 2.05) is 24.3 Å². The first-order chi connectivity index (χ1) is 12.1. The molecule has 0 radical (unpaired) electrons. The second-order valence-electron chi connectivity index (χ2n) is 7.52. The lowest BCUT2D eigenvalue weighted by Gasteiger charge is -2.38. The van der Waals surface area contributed by atoms with Crippen LogP contribution in [0.3, 0.4) is 0 Å². The number of rotatable bonds is 2. The standard InChI is InChI=1S/C20H21N5/c1-20(2)8-3-9-25(12-20)19-16-10-17(24-18(16)22-13-23-19)15-6-4-14(11-21)5-7-15/h4-7,10,13H,3,8-9,12H2,1-2H3,(H,22,23,24). The van der Waals surface area contributed by atoms with E-state index in [0.29, 0.717) is 11.0 Å². The van der Waals surface area contributed by atoms with E-state index in [1.165, 1.54) is 12.8 Å². The van der Waals surface area contributed by atoms with E-state index in [9.17, 15) is 0 Å². The Morgan fingerprint density at radius 2 is 2.00 bits per heavy atom. The number of piperidine rings is 1. The number of H-pyrrole nitrogens is 1. The zero-order valence-corrected chi connectivity index (χ0v) is 14.6. The molecule has 0 unspecified atom stereocenters. The van der Waals surface area contributed by atoms with Gasteiger partial charge in [-0.15, -0.1) is 0 Å². The summed E-state index contributed by atoms with van der Waals surface area (Å²) in [5, 5.41) is 10.0. The van der Waals surface area contributed by atoms with Gasteiger partial charge in [0.15, 0.2) is 0 Å². The maximum absolute atomic E-state index is 8.95. The van der Waals surface area contributed by atoms with Crippen LogP contribution in [0, 0.1) is 16.7 Å². The number of hydrogen-bond donors (Lipinski definition) is 1. The van der Waals surface area contributed by atoms with Crippen molar-refractivity contribution in [3.8, 4) is 17.3 Å². The molecule has 3 aromatic rings. The lowest BCUT2D eigenvalue weighted by molar-refractivity contribution is 0.292. The highest BCUT2D eigenvalue weighted by molar-refractivity contribution is 5.92. The van der Waals surface area contributed by atoms with Crippen LogP contribution in [-0.4, -0.2) is 28.0 Å². The number of fused-ring (bicyclic) bond motifs is 1. The highest BCUT2D eigenvalue weighted by Crippen LogP contribution is 2.34. The second-order valence-corrected chi connectivity index (χ2v) is 7.52. The zero-order valence-electron chi connectivity index (χ0n) is 14.6. The van der Waals surface area contributed by atoms with Crippen molar-refractivity contribution in [1.29, 1.82) is 5.26 Å². The molecule has 1 fully saturated rings. The quantitative estimate of drug-likeness (QED) is 0.767. The minimum absolute atomic E-state index is 0.307. The number of benzene rings is 1. The average Bonchev–Trinajstić information content (AvgIpc) is 3.05. The van der Waals surface area contributed by atoms with Gasteiger partial charge in [0.25, 0.3) is 0 Å². The highest BCUT2D eigenvalue weighted by atomic mass is 15.2. The van der Waals surface area contributed by atoms with Crippen LogP contribution in [0.2, 0.25) is 0 Å². The first-order valence-corrected chi connectivity index (χ1v) is 8.65. The fraction of sp³-hybridized carbons (Fsp3) is 0.350. The molecule has 0 spiro atoms. The van der Waals surface area contributed by atoms with Crippen molar-refractivity contribution in [2.75, 3.05) is 18.0 Å². The van der Waals surface area contributed by atoms with Gasteiger partial charge in [-0.25, -0.2) is 9.97 Å². The Balaban J connectivity index is 1.74. The van der Waals surface area contributed by atoms with E-state index in [-0.39, 0.29) is 0 Å². The summed E-state index contributed by atoms with van der Waals surface area (Å²) in [6, 6.07) is 11.9. The van der Waals surface area contributed by atoms with Crippen LogP contribution in [0.1, 0.15) is 32.3 Å². The van der Waals surface area contributed by atoms with Crippen molar-refractivity contribution in [3.05, 3.63) is 42.2 Å². The summed E-state index contributed by atoms with van der Waals surface area (Å²) < 4.78 is 0. The number of nitrogens with zero attached hydrogens (tertiary/aromatic N) is 4. The van der Waals surface area contributed by atoms with Crippen LogP contribution in [-0.2, 0) is 0 Å². The molecular weight excluding hydrogens is 310 g/mol. The van der Waals surface area contributed by atoms with Crippen LogP contribution in [0.4, 0.5) is 5.82 Å². The number of nitrogens with one attached hydrogen (secondary N) is 1. The van der Waals surface area contributed by atoms with E-state index in [2.05, 4.69) is 45.8 Å².